The molecule has 4 rings (SSSR count). The zero-order chi connectivity index (χ0) is 28.1. The molecular weight excluding hydrogens is 675 g/mol. The molecule has 0 fully saturated rings. The summed E-state index contributed by atoms with van der Waals surface area (Å²) in [6.45, 7) is 5.81. The number of fused-ring (bicyclic) bond motifs is 1. The molecule has 39 heavy (non-hydrogen) atoms. The highest BCUT2D eigenvalue weighted by Gasteiger charge is 2.17. The molecule has 10 heteroatoms. The van der Waals surface area contributed by atoms with Crippen LogP contribution in [-0.2, 0) is 4.79 Å². The number of nitrogens with one attached hydrogen (secondary N) is 1. The summed E-state index contributed by atoms with van der Waals surface area (Å²) in [4.78, 5) is 30.6. The average Bonchev–Trinajstić information content (AvgIpc) is 2.92. The van der Waals surface area contributed by atoms with Gasteiger partial charge in [0, 0.05) is 16.1 Å². The van der Waals surface area contributed by atoms with Crippen LogP contribution in [0.1, 0.15) is 43.1 Å². The number of aryl methyl sites for hydroxylation is 1. The Bertz CT molecular complexity index is 1620. The molecule has 8 nitrogen and oxygen atoms in total. The van der Waals surface area contributed by atoms with Gasteiger partial charge in [-0.15, -0.1) is 0 Å². The first-order valence-corrected chi connectivity index (χ1v) is 14.2. The van der Waals surface area contributed by atoms with E-state index in [0.717, 1.165) is 25.7 Å². The minimum absolute atomic E-state index is 0.0270. The van der Waals surface area contributed by atoms with Crippen molar-refractivity contribution in [1.29, 1.82) is 0 Å². The van der Waals surface area contributed by atoms with Crippen LogP contribution in [0.3, 0.4) is 0 Å². The summed E-state index contributed by atoms with van der Waals surface area (Å²) in [5, 5.41) is 7.88. The number of aromatic nitrogens is 2. The molecule has 1 heterocycles. The first-order valence-electron chi connectivity index (χ1n) is 12.3. The molecular formula is C29H28BrIN4O4. The number of carbonyl (C=O) groups is 1. The van der Waals surface area contributed by atoms with E-state index in [1.807, 2.05) is 63.2 Å². The van der Waals surface area contributed by atoms with Crippen LogP contribution in [0.2, 0.25) is 0 Å². The predicted octanol–water partition coefficient (Wildman–Crippen LogP) is 6.49. The first-order chi connectivity index (χ1) is 18.7. The number of halogens is 2. The van der Waals surface area contributed by atoms with Crippen LogP contribution in [-0.4, -0.2) is 35.5 Å². The van der Waals surface area contributed by atoms with Crippen LogP contribution in [0.15, 0.2) is 69.0 Å². The minimum Gasteiger partial charge on any atom is -0.493 e. The Kier molecular flexibility index (Phi) is 9.39. The third-order valence-corrected chi connectivity index (χ3v) is 7.52. The number of hydrogen-bond donors (Lipinski definition) is 1. The van der Waals surface area contributed by atoms with Crippen molar-refractivity contribution in [2.24, 2.45) is 5.10 Å². The first kappa shape index (κ1) is 28.8. The number of nitrogens with zero attached hydrogens (tertiary/aromatic N) is 3. The number of anilines is 1. The second-order valence-corrected chi connectivity index (χ2v) is 11.1. The van der Waals surface area contributed by atoms with E-state index in [1.165, 1.54) is 11.8 Å². The van der Waals surface area contributed by atoms with Gasteiger partial charge in [-0.3, -0.25) is 9.59 Å². The highest BCUT2D eigenvalue weighted by molar-refractivity contribution is 14.1. The fourth-order valence-corrected chi connectivity index (χ4v) is 5.04. The molecule has 1 aromatic heterocycles. The number of carbonyl (C=O) groups excluding carboxylic acids is 1. The zero-order valence-electron chi connectivity index (χ0n) is 22.0. The van der Waals surface area contributed by atoms with Crippen LogP contribution < -0.4 is 20.3 Å². The third-order valence-electron chi connectivity index (χ3n) is 6.23. The van der Waals surface area contributed by atoms with E-state index in [1.54, 1.807) is 18.3 Å². The number of methoxy groups -OCH3 is 1. The Morgan fingerprint density at radius 1 is 1.23 bits per heavy atom. The molecule has 1 N–H and O–H groups in total. The molecule has 1 atom stereocenters. The van der Waals surface area contributed by atoms with E-state index in [0.29, 0.717) is 33.8 Å². The van der Waals surface area contributed by atoms with Gasteiger partial charge < -0.3 is 14.8 Å². The molecule has 0 aliphatic heterocycles. The van der Waals surface area contributed by atoms with Gasteiger partial charge in [-0.25, -0.2) is 4.98 Å². The molecule has 0 bridgehead atoms. The Morgan fingerprint density at radius 2 is 2.00 bits per heavy atom. The molecule has 0 radical (unpaired) electrons. The maximum absolute atomic E-state index is 13.4. The van der Waals surface area contributed by atoms with E-state index >= 15 is 0 Å². The van der Waals surface area contributed by atoms with Crippen molar-refractivity contribution >= 4 is 67.2 Å². The van der Waals surface area contributed by atoms with E-state index in [4.69, 9.17) is 14.5 Å². The summed E-state index contributed by atoms with van der Waals surface area (Å²) in [5.74, 6) is 1.24. The van der Waals surface area contributed by atoms with Gasteiger partial charge in [-0.05, 0) is 83.5 Å². The van der Waals surface area contributed by atoms with Crippen molar-refractivity contribution in [3.05, 3.63) is 89.9 Å². The lowest BCUT2D eigenvalue weighted by Crippen LogP contribution is -2.23. The van der Waals surface area contributed by atoms with Gasteiger partial charge in [0.05, 0.1) is 27.8 Å². The maximum atomic E-state index is 13.4. The fourth-order valence-electron chi connectivity index (χ4n) is 3.90. The largest absolute Gasteiger partial charge is 0.493 e. The number of hydrogen-bond acceptors (Lipinski definition) is 6. The number of ether oxygens (including phenoxy) is 2. The highest BCUT2D eigenvalue weighted by Crippen LogP contribution is 2.33. The highest BCUT2D eigenvalue weighted by atomic mass is 127. The van der Waals surface area contributed by atoms with Gasteiger partial charge in [0.1, 0.15) is 5.82 Å². The monoisotopic (exact) mass is 702 g/mol. The molecule has 1 amide bonds. The summed E-state index contributed by atoms with van der Waals surface area (Å²) in [7, 11) is 1.53. The third kappa shape index (κ3) is 6.67. The summed E-state index contributed by atoms with van der Waals surface area (Å²) < 4.78 is 14.3. The van der Waals surface area contributed by atoms with Crippen LogP contribution >= 0.6 is 38.5 Å². The van der Waals surface area contributed by atoms with Gasteiger partial charge in [0.2, 0.25) is 0 Å². The second kappa shape index (κ2) is 12.7. The summed E-state index contributed by atoms with van der Waals surface area (Å²) in [6, 6.07) is 16.6. The topological polar surface area (TPSA) is 94.8 Å². The number of para-hydroxylation sites is 1. The van der Waals surface area contributed by atoms with E-state index in [2.05, 4.69) is 48.9 Å². The van der Waals surface area contributed by atoms with E-state index in [9.17, 15) is 9.59 Å². The Morgan fingerprint density at radius 3 is 2.72 bits per heavy atom. The van der Waals surface area contributed by atoms with Crippen molar-refractivity contribution in [1.82, 2.24) is 9.66 Å². The van der Waals surface area contributed by atoms with E-state index < -0.39 is 0 Å². The maximum Gasteiger partial charge on any atom is 0.282 e. The summed E-state index contributed by atoms with van der Waals surface area (Å²) >= 11 is 5.56. The van der Waals surface area contributed by atoms with Crippen molar-refractivity contribution in [3.8, 4) is 11.5 Å². The lowest BCUT2D eigenvalue weighted by atomic mass is 10.1. The van der Waals surface area contributed by atoms with Crippen LogP contribution in [0.25, 0.3) is 10.9 Å². The van der Waals surface area contributed by atoms with E-state index in [-0.39, 0.29) is 24.0 Å². The van der Waals surface area contributed by atoms with Gasteiger partial charge in [-0.1, -0.05) is 48.0 Å². The van der Waals surface area contributed by atoms with Gasteiger partial charge >= 0.3 is 0 Å². The Balaban J connectivity index is 1.61. The molecule has 0 saturated carbocycles. The zero-order valence-corrected chi connectivity index (χ0v) is 25.7. The Labute approximate surface area is 248 Å². The quantitative estimate of drug-likeness (QED) is 0.159. The SMILES string of the molecule is CC[C@@H](C)c1nc2ccc(Br)cc2c(=O)n1N=Cc1cc(I)c(OCC(=O)Nc2ccccc2C)c(OC)c1. The van der Waals surface area contributed by atoms with Crippen LogP contribution in [0, 0.1) is 10.5 Å². The van der Waals surface area contributed by atoms with Crippen molar-refractivity contribution in [2.45, 2.75) is 33.1 Å². The Hall–Kier alpha value is -3.25. The number of rotatable bonds is 9. The standard InChI is InChI=1S/C29H28BrIN4O4/c1-5-17(2)28-34-24-11-10-20(30)14-21(24)29(37)35(28)32-15-19-12-22(31)27(25(13-19)38-4)39-16-26(36)33-23-9-7-6-8-18(23)3/h6-15,17H,5,16H2,1-4H3,(H,33,36)/t17-/m1/s1. The van der Waals surface area contributed by atoms with Crippen LogP contribution in [0.4, 0.5) is 5.69 Å². The number of benzene rings is 3. The molecule has 0 spiro atoms. The van der Waals surface area contributed by atoms with Gasteiger partial charge in [0.25, 0.3) is 11.5 Å². The normalized spacial score (nSPS) is 12.1. The predicted molar refractivity (Wildman–Crippen MR) is 166 cm³/mol. The van der Waals surface area contributed by atoms with Crippen molar-refractivity contribution < 1.29 is 14.3 Å². The fraction of sp³-hybridized carbons (Fsp3) is 0.241. The molecule has 0 unspecified atom stereocenters. The molecule has 0 aliphatic rings. The van der Waals surface area contributed by atoms with Crippen molar-refractivity contribution in [2.75, 3.05) is 19.0 Å². The average molecular weight is 703 g/mol. The van der Waals surface area contributed by atoms with Crippen molar-refractivity contribution in [3.63, 3.8) is 0 Å². The second-order valence-electron chi connectivity index (χ2n) is 8.99. The lowest BCUT2D eigenvalue weighted by molar-refractivity contribution is -0.118. The summed E-state index contributed by atoms with van der Waals surface area (Å²) in [6.07, 6.45) is 2.40. The molecule has 202 valence electrons. The molecule has 4 aromatic rings. The minimum atomic E-state index is -0.278. The lowest BCUT2D eigenvalue weighted by Gasteiger charge is -2.15. The molecule has 3 aromatic carbocycles. The van der Waals surface area contributed by atoms with Gasteiger partial charge in [-0.2, -0.15) is 9.78 Å². The number of amides is 1. The smallest absolute Gasteiger partial charge is 0.282 e. The molecule has 0 saturated heterocycles. The van der Waals surface area contributed by atoms with Gasteiger partial charge in [0.15, 0.2) is 18.1 Å². The summed E-state index contributed by atoms with van der Waals surface area (Å²) in [5.41, 5.74) is 2.79. The molecule has 0 aliphatic carbocycles. The van der Waals surface area contributed by atoms with Crippen LogP contribution in [0.5, 0.6) is 11.5 Å².